The van der Waals surface area contributed by atoms with Gasteiger partial charge in [0.25, 0.3) is 11.8 Å². The normalized spacial score (nSPS) is 18.0. The second kappa shape index (κ2) is 17.1. The third-order valence-electron chi connectivity index (χ3n) is 8.54. The van der Waals surface area contributed by atoms with Crippen molar-refractivity contribution in [2.24, 2.45) is 0 Å². The summed E-state index contributed by atoms with van der Waals surface area (Å²) in [4.78, 5) is 44.6. The fourth-order valence-corrected chi connectivity index (χ4v) is 6.14. The van der Waals surface area contributed by atoms with Gasteiger partial charge in [-0.25, -0.2) is 9.97 Å². The first kappa shape index (κ1) is 37.3. The van der Waals surface area contributed by atoms with Crippen molar-refractivity contribution in [3.63, 3.8) is 0 Å². The minimum Gasteiger partial charge on any atom is -1.00 e. The van der Waals surface area contributed by atoms with E-state index in [1.54, 1.807) is 19.2 Å². The molecule has 1 aliphatic heterocycles. The molecule has 47 heavy (non-hydrogen) atoms. The van der Waals surface area contributed by atoms with Crippen LogP contribution in [0, 0.1) is 0 Å². The first-order valence-electron chi connectivity index (χ1n) is 15.5. The Balaban J connectivity index is 0.00000600. The van der Waals surface area contributed by atoms with E-state index in [4.69, 9.17) is 32.9 Å². The summed E-state index contributed by atoms with van der Waals surface area (Å²) in [5.74, 6) is -1.17. The number of hydrogen-bond acceptors (Lipinski definition) is 8. The number of rotatable bonds is 14. The molecule has 3 unspecified atom stereocenters. The van der Waals surface area contributed by atoms with Gasteiger partial charge in [-0.3, -0.25) is 14.4 Å². The summed E-state index contributed by atoms with van der Waals surface area (Å²) >= 11 is 6.02. The van der Waals surface area contributed by atoms with Crippen LogP contribution in [0.5, 0.6) is 5.75 Å². The molecular weight excluding hydrogens is 645 g/mol. The van der Waals surface area contributed by atoms with E-state index in [1.807, 2.05) is 24.3 Å². The lowest BCUT2D eigenvalue weighted by Gasteiger charge is -2.45. The SMILES string of the molecule is COc1ccc(CCC[N+]2(CCCc3ccc(C(=O)NC(C)C(=O)O)cc3)CCCC(NC(=O)c3nc(Cl)c(N)nc3N)C2)cc1.[Cl-]. The second-order valence-corrected chi connectivity index (χ2v) is 12.3. The summed E-state index contributed by atoms with van der Waals surface area (Å²) in [6.07, 6.45) is 5.44. The lowest BCUT2D eigenvalue weighted by Crippen LogP contribution is -3.00. The molecule has 1 saturated heterocycles. The zero-order valence-corrected chi connectivity index (χ0v) is 28.2. The maximum absolute atomic E-state index is 13.2. The number of piperidine rings is 1. The van der Waals surface area contributed by atoms with Crippen LogP contribution >= 0.6 is 11.6 Å². The summed E-state index contributed by atoms with van der Waals surface area (Å²) in [7, 11) is 1.66. The molecule has 3 aromatic rings. The Morgan fingerprint density at radius 2 is 1.57 bits per heavy atom. The largest absolute Gasteiger partial charge is 1.00 e. The van der Waals surface area contributed by atoms with Crippen molar-refractivity contribution >= 4 is 41.0 Å². The molecule has 1 aromatic heterocycles. The number of hydrogen-bond donors (Lipinski definition) is 5. The van der Waals surface area contributed by atoms with Crippen molar-refractivity contribution in [1.29, 1.82) is 0 Å². The molecular formula is C33H43Cl2N7O5. The number of nitrogen functional groups attached to an aromatic ring is 2. The van der Waals surface area contributed by atoms with Crippen molar-refractivity contribution in [2.75, 3.05) is 44.8 Å². The molecule has 14 heteroatoms. The van der Waals surface area contributed by atoms with Crippen LogP contribution in [0.1, 0.15) is 64.6 Å². The fourth-order valence-electron chi connectivity index (χ4n) is 6.02. The molecule has 0 spiro atoms. The van der Waals surface area contributed by atoms with E-state index in [1.165, 1.54) is 12.5 Å². The lowest BCUT2D eigenvalue weighted by molar-refractivity contribution is -0.933. The first-order chi connectivity index (χ1) is 22.0. The predicted octanol–water partition coefficient (Wildman–Crippen LogP) is 0.485. The molecule has 2 aromatic carbocycles. The average molecular weight is 689 g/mol. The van der Waals surface area contributed by atoms with Gasteiger partial charge < -0.3 is 48.8 Å². The summed E-state index contributed by atoms with van der Waals surface area (Å²) < 4.78 is 6.15. The van der Waals surface area contributed by atoms with E-state index in [-0.39, 0.29) is 40.9 Å². The Hall–Kier alpha value is -4.13. The van der Waals surface area contributed by atoms with Gasteiger partial charge in [0.2, 0.25) is 0 Å². The number of carboxylic acid groups (broad SMARTS) is 1. The molecule has 1 fully saturated rings. The van der Waals surface area contributed by atoms with Gasteiger partial charge in [0.05, 0.1) is 39.3 Å². The van der Waals surface area contributed by atoms with Gasteiger partial charge in [0.15, 0.2) is 22.5 Å². The maximum atomic E-state index is 13.2. The molecule has 1 aliphatic rings. The monoisotopic (exact) mass is 687 g/mol. The number of carbonyl (C=O) groups is 3. The van der Waals surface area contributed by atoms with Crippen LogP contribution in [0.25, 0.3) is 0 Å². The number of aromatic nitrogens is 2. The molecule has 0 aliphatic carbocycles. The summed E-state index contributed by atoms with van der Waals surface area (Å²) in [6.45, 7) is 5.08. The zero-order chi connectivity index (χ0) is 33.3. The van der Waals surface area contributed by atoms with Gasteiger partial charge in [-0.15, -0.1) is 0 Å². The van der Waals surface area contributed by atoms with E-state index in [9.17, 15) is 14.4 Å². The zero-order valence-electron chi connectivity index (χ0n) is 26.7. The standard InChI is InChI=1S/C33H42ClN7O5.ClH/c1-21(33(44)45)37-31(42)24-13-9-22(10-14-24)6-3-17-41(18-4-7-23-11-15-26(46-2)16-12-23)19-5-8-25(20-41)38-32(43)27-29(35)40-30(36)28(34)39-27;/h9-16,21,25H,3-8,17-20H2,1-2H3,(H6-,35,36,37,38,40,42,43,44,45);1H. The van der Waals surface area contributed by atoms with Crippen LogP contribution in [0.3, 0.4) is 0 Å². The van der Waals surface area contributed by atoms with Crippen molar-refractivity contribution < 1.29 is 41.1 Å². The van der Waals surface area contributed by atoms with Gasteiger partial charge in [0, 0.05) is 18.4 Å². The molecule has 254 valence electrons. The highest BCUT2D eigenvalue weighted by Gasteiger charge is 2.35. The number of methoxy groups -OCH3 is 1. The summed E-state index contributed by atoms with van der Waals surface area (Å²) in [5.41, 5.74) is 14.4. The third-order valence-corrected chi connectivity index (χ3v) is 8.82. The molecule has 0 radical (unpaired) electrons. The van der Waals surface area contributed by atoms with E-state index in [2.05, 4.69) is 32.7 Å². The van der Waals surface area contributed by atoms with Gasteiger partial charge in [-0.2, -0.15) is 0 Å². The topological polar surface area (TPSA) is 183 Å². The number of carboxylic acids is 1. The van der Waals surface area contributed by atoms with Gasteiger partial charge in [0.1, 0.15) is 11.8 Å². The number of carbonyl (C=O) groups excluding carboxylic acids is 2. The number of benzene rings is 2. The average Bonchev–Trinajstić information content (AvgIpc) is 3.03. The van der Waals surface area contributed by atoms with Crippen molar-refractivity contribution in [3.05, 3.63) is 76.1 Å². The minimum atomic E-state index is -1.09. The van der Waals surface area contributed by atoms with Crippen LogP contribution < -0.4 is 39.2 Å². The Kier molecular flexibility index (Phi) is 13.6. The number of ether oxygens (including phenoxy) is 1. The number of aryl methyl sites for hydroxylation is 2. The quantitative estimate of drug-likeness (QED) is 0.151. The molecule has 12 nitrogen and oxygen atoms in total. The van der Waals surface area contributed by atoms with Crippen LogP contribution in [-0.2, 0) is 17.6 Å². The highest BCUT2D eigenvalue weighted by molar-refractivity contribution is 6.31. The number of nitrogens with one attached hydrogen (secondary N) is 2. The van der Waals surface area contributed by atoms with E-state index >= 15 is 0 Å². The summed E-state index contributed by atoms with van der Waals surface area (Å²) in [6, 6.07) is 14.4. The lowest BCUT2D eigenvalue weighted by atomic mass is 9.98. The van der Waals surface area contributed by atoms with E-state index in [0.717, 1.165) is 80.5 Å². The number of anilines is 2. The highest BCUT2D eigenvalue weighted by Crippen LogP contribution is 2.24. The number of nitrogens with two attached hydrogens (primary N) is 2. The van der Waals surface area contributed by atoms with Crippen molar-refractivity contribution in [2.45, 2.75) is 57.5 Å². The molecule has 2 heterocycles. The maximum Gasteiger partial charge on any atom is 0.325 e. The molecule has 0 bridgehead atoms. The predicted molar refractivity (Wildman–Crippen MR) is 177 cm³/mol. The van der Waals surface area contributed by atoms with Crippen molar-refractivity contribution in [3.8, 4) is 5.75 Å². The van der Waals surface area contributed by atoms with E-state index < -0.39 is 23.8 Å². The number of halogens is 2. The highest BCUT2D eigenvalue weighted by atomic mass is 35.5. The molecule has 2 amide bonds. The smallest absolute Gasteiger partial charge is 0.325 e. The Morgan fingerprint density at radius 1 is 0.979 bits per heavy atom. The number of aliphatic carboxylic acids is 1. The number of amides is 2. The first-order valence-corrected chi connectivity index (χ1v) is 15.9. The number of nitrogens with zero attached hydrogens (tertiary/aromatic N) is 3. The number of likely N-dealkylation sites (tertiary alicyclic amines) is 1. The minimum absolute atomic E-state index is 0. The van der Waals surface area contributed by atoms with Crippen LogP contribution in [-0.4, -0.2) is 82.7 Å². The molecule has 7 N–H and O–H groups in total. The van der Waals surface area contributed by atoms with Gasteiger partial charge >= 0.3 is 5.97 Å². The Morgan fingerprint density at radius 3 is 2.15 bits per heavy atom. The van der Waals surface area contributed by atoms with Crippen LogP contribution in [0.4, 0.5) is 11.6 Å². The summed E-state index contributed by atoms with van der Waals surface area (Å²) in [5, 5.41) is 14.6. The Labute approximate surface area is 286 Å². The molecule has 4 rings (SSSR count). The third kappa shape index (κ3) is 10.4. The fraction of sp³-hybridized carbons (Fsp3) is 0.424. The van der Waals surface area contributed by atoms with E-state index in [0.29, 0.717) is 5.56 Å². The van der Waals surface area contributed by atoms with Crippen molar-refractivity contribution in [1.82, 2.24) is 20.6 Å². The van der Waals surface area contributed by atoms with Gasteiger partial charge in [-0.05, 0) is 68.0 Å². The van der Waals surface area contributed by atoms with Crippen LogP contribution in [0.15, 0.2) is 48.5 Å². The van der Waals surface area contributed by atoms with Crippen LogP contribution in [0.2, 0.25) is 5.15 Å². The second-order valence-electron chi connectivity index (χ2n) is 11.9. The number of quaternary nitrogens is 1. The molecule has 3 atom stereocenters. The molecule has 0 saturated carbocycles. The van der Waals surface area contributed by atoms with Gasteiger partial charge in [-0.1, -0.05) is 35.9 Å². The Bertz CT molecular complexity index is 1530.